The van der Waals surface area contributed by atoms with E-state index in [2.05, 4.69) is 26.9 Å². The summed E-state index contributed by atoms with van der Waals surface area (Å²) < 4.78 is 0. The maximum Gasteiger partial charge on any atom is 0.250 e. The summed E-state index contributed by atoms with van der Waals surface area (Å²) in [7, 11) is 0. The minimum absolute atomic E-state index is 0. The highest BCUT2D eigenvalue weighted by molar-refractivity contribution is 6.06. The van der Waals surface area contributed by atoms with Crippen molar-refractivity contribution >= 4 is 42.1 Å². The smallest absolute Gasteiger partial charge is 0.250 e. The normalized spacial score (nSPS) is 25.0. The number of nitrogens with one attached hydrogen (secondary N) is 3. The number of para-hydroxylation sites is 2. The van der Waals surface area contributed by atoms with Gasteiger partial charge in [-0.15, -0.1) is 24.8 Å². The van der Waals surface area contributed by atoms with E-state index in [1.165, 1.54) is 25.9 Å². The van der Waals surface area contributed by atoms with Crippen molar-refractivity contribution in [2.75, 3.05) is 43.4 Å². The van der Waals surface area contributed by atoms with Crippen molar-refractivity contribution < 1.29 is 4.79 Å². The van der Waals surface area contributed by atoms with Crippen LogP contribution in [0.1, 0.15) is 25.7 Å². The Balaban J connectivity index is 0.00000113. The van der Waals surface area contributed by atoms with Crippen LogP contribution in [-0.4, -0.2) is 49.1 Å². The molecule has 2 fully saturated rings. The highest BCUT2D eigenvalue weighted by Gasteiger charge is 2.44. The molecule has 0 bridgehead atoms. The quantitative estimate of drug-likeness (QED) is 0.731. The molecule has 3 aliphatic rings. The van der Waals surface area contributed by atoms with Crippen molar-refractivity contribution in [2.45, 2.75) is 31.2 Å². The number of hydrogen-bond donors (Lipinski definition) is 3. The van der Waals surface area contributed by atoms with Gasteiger partial charge in [0.15, 0.2) is 0 Å². The number of hydrogen-bond acceptors (Lipinski definition) is 4. The Morgan fingerprint density at radius 2 is 1.84 bits per heavy atom. The zero-order chi connectivity index (χ0) is 15.7. The molecule has 7 heteroatoms. The fourth-order valence-electron chi connectivity index (χ4n) is 4.17. The van der Waals surface area contributed by atoms with Gasteiger partial charge in [-0.1, -0.05) is 12.1 Å². The van der Waals surface area contributed by atoms with Crippen LogP contribution >= 0.6 is 24.8 Å². The monoisotopic (exact) mass is 386 g/mol. The zero-order valence-corrected chi connectivity index (χ0v) is 16.1. The van der Waals surface area contributed by atoms with Crippen molar-refractivity contribution in [3.63, 3.8) is 0 Å². The standard InChI is InChI=1S/C18H26N4O.2ClH/c23-17-18(21-16-6-2-1-5-15(16)20-17)7-10-22(11-8-18)13-14-4-3-9-19-12-14;;/h1-2,5-6,14,19,21H,3-4,7-13H2,(H,20,23);2*1H. The van der Waals surface area contributed by atoms with Crippen molar-refractivity contribution in [3.05, 3.63) is 24.3 Å². The summed E-state index contributed by atoms with van der Waals surface area (Å²) in [5.74, 6) is 0.904. The number of benzene rings is 1. The number of carbonyl (C=O) groups excluding carboxylic acids is 1. The number of amides is 1. The fourth-order valence-corrected chi connectivity index (χ4v) is 4.17. The number of piperidine rings is 2. The van der Waals surface area contributed by atoms with E-state index in [1.807, 2.05) is 18.2 Å². The largest absolute Gasteiger partial charge is 0.369 e. The van der Waals surface area contributed by atoms with E-state index >= 15 is 0 Å². The number of rotatable bonds is 2. The maximum atomic E-state index is 12.6. The second kappa shape index (κ2) is 8.58. The van der Waals surface area contributed by atoms with Gasteiger partial charge in [0.25, 0.3) is 0 Å². The Morgan fingerprint density at radius 3 is 2.52 bits per heavy atom. The molecular weight excluding hydrogens is 359 g/mol. The summed E-state index contributed by atoms with van der Waals surface area (Å²) in [6.07, 6.45) is 4.39. The van der Waals surface area contributed by atoms with Gasteiger partial charge in [-0.25, -0.2) is 0 Å². The van der Waals surface area contributed by atoms with Gasteiger partial charge < -0.3 is 20.9 Å². The lowest BCUT2D eigenvalue weighted by Crippen LogP contribution is -2.58. The summed E-state index contributed by atoms with van der Waals surface area (Å²) in [5.41, 5.74) is 1.53. The van der Waals surface area contributed by atoms with Crippen LogP contribution in [-0.2, 0) is 4.79 Å². The molecule has 0 radical (unpaired) electrons. The number of fused-ring (bicyclic) bond motifs is 1. The molecule has 1 spiro atoms. The predicted octanol–water partition coefficient (Wildman–Crippen LogP) is 2.73. The molecule has 0 aromatic heterocycles. The molecule has 1 aromatic rings. The van der Waals surface area contributed by atoms with Crippen LogP contribution in [0.15, 0.2) is 24.3 Å². The summed E-state index contributed by atoms with van der Waals surface area (Å²) >= 11 is 0. The first-order chi connectivity index (χ1) is 11.3. The van der Waals surface area contributed by atoms with Crippen molar-refractivity contribution in [1.29, 1.82) is 0 Å². The Morgan fingerprint density at radius 1 is 1.12 bits per heavy atom. The van der Waals surface area contributed by atoms with Crippen LogP contribution < -0.4 is 16.0 Å². The van der Waals surface area contributed by atoms with Gasteiger partial charge in [0.2, 0.25) is 5.91 Å². The summed E-state index contributed by atoms with van der Waals surface area (Å²) in [5, 5.41) is 10.1. The summed E-state index contributed by atoms with van der Waals surface area (Å²) in [6, 6.07) is 7.98. The lowest BCUT2D eigenvalue weighted by atomic mass is 9.84. The molecule has 2 saturated heterocycles. The van der Waals surface area contributed by atoms with Crippen molar-refractivity contribution in [2.24, 2.45) is 5.92 Å². The van der Waals surface area contributed by atoms with E-state index in [1.54, 1.807) is 0 Å². The third-order valence-corrected chi connectivity index (χ3v) is 5.61. The number of likely N-dealkylation sites (tertiary alicyclic amines) is 1. The zero-order valence-electron chi connectivity index (χ0n) is 14.4. The molecule has 1 aromatic carbocycles. The first-order valence-corrected chi connectivity index (χ1v) is 8.87. The Hall–Kier alpha value is -1.01. The van der Waals surface area contributed by atoms with Gasteiger partial charge in [-0.05, 0) is 56.8 Å². The predicted molar refractivity (Wildman–Crippen MR) is 107 cm³/mol. The minimum atomic E-state index is -0.421. The van der Waals surface area contributed by atoms with E-state index in [4.69, 9.17) is 0 Å². The van der Waals surface area contributed by atoms with Crippen LogP contribution in [0.4, 0.5) is 11.4 Å². The van der Waals surface area contributed by atoms with Crippen LogP contribution in [0.5, 0.6) is 0 Å². The fraction of sp³-hybridized carbons (Fsp3) is 0.611. The van der Waals surface area contributed by atoms with Gasteiger partial charge >= 0.3 is 0 Å². The highest BCUT2D eigenvalue weighted by Crippen LogP contribution is 2.36. The Labute approximate surface area is 162 Å². The molecule has 0 aliphatic carbocycles. The third-order valence-electron chi connectivity index (χ3n) is 5.61. The molecule has 1 atom stereocenters. The maximum absolute atomic E-state index is 12.6. The van der Waals surface area contributed by atoms with E-state index in [0.717, 1.165) is 49.8 Å². The third kappa shape index (κ3) is 4.22. The van der Waals surface area contributed by atoms with Gasteiger partial charge in [0.05, 0.1) is 11.4 Å². The summed E-state index contributed by atoms with van der Waals surface area (Å²) in [4.78, 5) is 15.2. The van der Waals surface area contributed by atoms with Crippen molar-refractivity contribution in [3.8, 4) is 0 Å². The molecule has 1 unspecified atom stereocenters. The van der Waals surface area contributed by atoms with Crippen LogP contribution in [0.2, 0.25) is 0 Å². The topological polar surface area (TPSA) is 56.4 Å². The van der Waals surface area contributed by atoms with Gasteiger partial charge in [0.1, 0.15) is 5.54 Å². The minimum Gasteiger partial charge on any atom is -0.369 e. The highest BCUT2D eigenvalue weighted by atomic mass is 35.5. The number of nitrogens with zero attached hydrogens (tertiary/aromatic N) is 1. The second-order valence-corrected chi connectivity index (χ2v) is 7.22. The van der Waals surface area contributed by atoms with Gasteiger partial charge in [-0.2, -0.15) is 0 Å². The summed E-state index contributed by atoms with van der Waals surface area (Å²) in [6.45, 7) is 5.48. The average molecular weight is 387 g/mol. The lowest BCUT2D eigenvalue weighted by molar-refractivity contribution is -0.122. The van der Waals surface area contributed by atoms with Gasteiger partial charge in [-0.3, -0.25) is 4.79 Å². The Bertz CT molecular complexity index is 584. The SMILES string of the molecule is Cl.Cl.O=C1Nc2ccccc2NC12CCN(CC1CCCNC1)CC2. The molecular formula is C18H28Cl2N4O. The van der Waals surface area contributed by atoms with Gasteiger partial charge in [0, 0.05) is 19.6 Å². The molecule has 3 N–H and O–H groups in total. The van der Waals surface area contributed by atoms with E-state index in [0.29, 0.717) is 0 Å². The van der Waals surface area contributed by atoms with E-state index < -0.39 is 5.54 Å². The first kappa shape index (κ1) is 20.3. The first-order valence-electron chi connectivity index (χ1n) is 8.87. The van der Waals surface area contributed by atoms with Crippen molar-refractivity contribution in [1.82, 2.24) is 10.2 Å². The molecule has 0 saturated carbocycles. The second-order valence-electron chi connectivity index (χ2n) is 7.22. The lowest BCUT2D eigenvalue weighted by Gasteiger charge is -2.45. The van der Waals surface area contributed by atoms with E-state index in [9.17, 15) is 4.79 Å². The molecule has 3 aliphatic heterocycles. The molecule has 4 rings (SSSR count). The number of carbonyl (C=O) groups is 1. The molecule has 5 nitrogen and oxygen atoms in total. The number of anilines is 2. The molecule has 1 amide bonds. The van der Waals surface area contributed by atoms with Crippen LogP contribution in [0, 0.1) is 5.92 Å². The van der Waals surface area contributed by atoms with E-state index in [-0.39, 0.29) is 30.7 Å². The Kier molecular flexibility index (Phi) is 6.97. The van der Waals surface area contributed by atoms with Crippen LogP contribution in [0.3, 0.4) is 0 Å². The molecule has 25 heavy (non-hydrogen) atoms. The molecule has 3 heterocycles. The number of halogens is 2. The average Bonchev–Trinajstić information content (AvgIpc) is 2.59. The van der Waals surface area contributed by atoms with Crippen LogP contribution in [0.25, 0.3) is 0 Å². The molecule has 140 valence electrons.